The number of fused-ring (bicyclic) bond motifs is 1. The van der Waals surface area contributed by atoms with Crippen LogP contribution in [-0.2, 0) is 0 Å². The number of nitrogen functional groups attached to an aromatic ring is 1. The van der Waals surface area contributed by atoms with Crippen molar-refractivity contribution in [1.82, 2.24) is 24.4 Å². The minimum atomic E-state index is -0.382. The van der Waals surface area contributed by atoms with Crippen LogP contribution in [0.25, 0.3) is 22.2 Å². The Morgan fingerprint density at radius 3 is 2.67 bits per heavy atom. The van der Waals surface area contributed by atoms with Crippen LogP contribution >= 0.6 is 34.2 Å². The number of aromatic nitrogens is 4. The Bertz CT molecular complexity index is 1570. The molecular weight excluding hydrogens is 595 g/mol. The average molecular weight is 619 g/mol. The van der Waals surface area contributed by atoms with Gasteiger partial charge < -0.3 is 19.9 Å². The number of methoxy groups -OCH3 is 1. The van der Waals surface area contributed by atoms with Crippen LogP contribution in [0.5, 0.6) is 5.75 Å². The zero-order valence-corrected chi connectivity index (χ0v) is 23.2. The number of anilines is 1. The summed E-state index contributed by atoms with van der Waals surface area (Å²) in [5.74, 6) is 0.408. The second-order valence-corrected chi connectivity index (χ2v) is 10.00. The van der Waals surface area contributed by atoms with Crippen molar-refractivity contribution in [2.75, 3.05) is 26.9 Å². The summed E-state index contributed by atoms with van der Waals surface area (Å²) in [5.41, 5.74) is 9.24. The topological polar surface area (TPSA) is 116 Å². The first-order valence-electron chi connectivity index (χ1n) is 10.9. The molecule has 1 atom stereocenters. The second-order valence-electron chi connectivity index (χ2n) is 8.43. The van der Waals surface area contributed by atoms with Crippen LogP contribution in [0.4, 0.5) is 5.82 Å². The highest BCUT2D eigenvalue weighted by atomic mass is 127. The summed E-state index contributed by atoms with van der Waals surface area (Å²) in [5, 5.41) is 0.744. The number of benzene rings is 1. The monoisotopic (exact) mass is 618 g/mol. The van der Waals surface area contributed by atoms with Gasteiger partial charge in [-0.15, -0.1) is 0 Å². The minimum absolute atomic E-state index is 0.112. The molecule has 9 nitrogen and oxygen atoms in total. The van der Waals surface area contributed by atoms with Crippen molar-refractivity contribution in [2.24, 2.45) is 0 Å². The van der Waals surface area contributed by atoms with Gasteiger partial charge in [-0.2, -0.15) is 0 Å². The van der Waals surface area contributed by atoms with Crippen molar-refractivity contribution in [2.45, 2.75) is 19.9 Å². The molecule has 186 valence electrons. The van der Waals surface area contributed by atoms with Gasteiger partial charge in [0.05, 0.1) is 16.7 Å². The number of nitrogens with two attached hydrogens (primary N) is 1. The normalized spacial score (nSPS) is 12.0. The molecule has 0 fully saturated rings. The van der Waals surface area contributed by atoms with Gasteiger partial charge in [0.1, 0.15) is 34.6 Å². The van der Waals surface area contributed by atoms with E-state index in [9.17, 15) is 9.59 Å². The summed E-state index contributed by atoms with van der Waals surface area (Å²) in [6.45, 7) is 3.82. The van der Waals surface area contributed by atoms with E-state index in [1.54, 1.807) is 39.7 Å². The second kappa shape index (κ2) is 10.0. The molecule has 1 aromatic carbocycles. The zero-order valence-electron chi connectivity index (χ0n) is 20.3. The molecular formula is C25H24ClIN6O3. The van der Waals surface area contributed by atoms with Gasteiger partial charge in [-0.25, -0.2) is 9.97 Å². The van der Waals surface area contributed by atoms with Gasteiger partial charge in [-0.05, 0) is 54.1 Å². The number of nitrogens with zero attached hydrogens (tertiary/aromatic N) is 5. The molecule has 36 heavy (non-hydrogen) atoms. The number of carbonyl (C=O) groups is 1. The van der Waals surface area contributed by atoms with Crippen molar-refractivity contribution in [3.8, 4) is 16.9 Å². The third kappa shape index (κ3) is 4.28. The number of hydrogen-bond donors (Lipinski definition) is 1. The Hall–Kier alpha value is -3.25. The highest BCUT2D eigenvalue weighted by Gasteiger charge is 2.27. The van der Waals surface area contributed by atoms with E-state index in [4.69, 9.17) is 22.1 Å². The van der Waals surface area contributed by atoms with Crippen LogP contribution in [0.2, 0.25) is 5.02 Å². The highest BCUT2D eigenvalue weighted by Crippen LogP contribution is 2.44. The van der Waals surface area contributed by atoms with Gasteiger partial charge in [-0.1, -0.05) is 17.7 Å². The number of amides is 1. The van der Waals surface area contributed by atoms with E-state index in [-0.39, 0.29) is 34.3 Å². The fourth-order valence-electron chi connectivity index (χ4n) is 4.20. The van der Waals surface area contributed by atoms with E-state index in [0.29, 0.717) is 31.1 Å². The van der Waals surface area contributed by atoms with Crippen molar-refractivity contribution in [1.29, 1.82) is 0 Å². The van der Waals surface area contributed by atoms with Crippen molar-refractivity contribution >= 4 is 57.0 Å². The lowest BCUT2D eigenvalue weighted by Gasteiger charge is -2.25. The van der Waals surface area contributed by atoms with E-state index < -0.39 is 0 Å². The van der Waals surface area contributed by atoms with Gasteiger partial charge in [0.25, 0.3) is 5.91 Å². The number of pyridine rings is 2. The highest BCUT2D eigenvalue weighted by molar-refractivity contribution is 14.1. The van der Waals surface area contributed by atoms with E-state index in [0.717, 1.165) is 11.1 Å². The number of halogens is 2. The standard InChI is InChI=1S/C25H24ClIN6O3/c1-12-16(26)9-15(13(2)33-10-17(27)21(34)19-23(28)30-11-31-24(19)33)22(36-5)18(12)14-7-6-8-29-20(14)25(35)32(3)4/h6-11,13H,1-5H3,(H2,28,30,31)/t13-/m0/s1. The van der Waals surface area contributed by atoms with Gasteiger partial charge in [0, 0.05) is 48.2 Å². The SMILES string of the molecule is COc1c([C@H](C)n2cc(I)c(=O)c3c(N)ncnc32)cc(Cl)c(C)c1-c1cccnc1C(=O)N(C)C. The van der Waals surface area contributed by atoms with Crippen molar-refractivity contribution < 1.29 is 9.53 Å². The fraction of sp³-hybridized carbons (Fsp3) is 0.240. The summed E-state index contributed by atoms with van der Waals surface area (Å²) in [6, 6.07) is 5.04. The molecule has 0 saturated carbocycles. The Labute approximate surface area is 226 Å². The van der Waals surface area contributed by atoms with E-state index in [2.05, 4.69) is 15.0 Å². The molecule has 0 bridgehead atoms. The molecule has 4 rings (SSSR count). The van der Waals surface area contributed by atoms with Gasteiger partial charge in [0.2, 0.25) is 5.43 Å². The summed E-state index contributed by atoms with van der Waals surface area (Å²) >= 11 is 8.72. The molecule has 11 heteroatoms. The van der Waals surface area contributed by atoms with Crippen LogP contribution in [0.1, 0.15) is 34.6 Å². The Balaban J connectivity index is 2.04. The Morgan fingerprint density at radius 2 is 2.00 bits per heavy atom. The molecule has 1 amide bonds. The first kappa shape index (κ1) is 25.8. The quantitative estimate of drug-likeness (QED) is 0.331. The Morgan fingerprint density at radius 1 is 1.28 bits per heavy atom. The van der Waals surface area contributed by atoms with E-state index in [1.165, 1.54) is 11.2 Å². The summed E-state index contributed by atoms with van der Waals surface area (Å²) in [7, 11) is 4.92. The summed E-state index contributed by atoms with van der Waals surface area (Å²) < 4.78 is 8.26. The predicted octanol–water partition coefficient (Wildman–Crippen LogP) is 4.32. The number of rotatable bonds is 5. The molecule has 0 spiro atoms. The van der Waals surface area contributed by atoms with Crippen LogP contribution in [0.3, 0.4) is 0 Å². The van der Waals surface area contributed by atoms with Gasteiger partial charge in [-0.3, -0.25) is 14.6 Å². The molecule has 0 radical (unpaired) electrons. The van der Waals surface area contributed by atoms with Crippen LogP contribution in [0.15, 0.2) is 41.7 Å². The lowest BCUT2D eigenvalue weighted by atomic mass is 9.92. The summed E-state index contributed by atoms with van der Waals surface area (Å²) in [4.78, 5) is 40.0. The maximum atomic E-state index is 13.0. The average Bonchev–Trinajstić information content (AvgIpc) is 2.86. The molecule has 0 unspecified atom stereocenters. The van der Waals surface area contributed by atoms with Gasteiger partial charge >= 0.3 is 0 Å². The Kier molecular flexibility index (Phi) is 7.19. The van der Waals surface area contributed by atoms with E-state index >= 15 is 0 Å². The third-order valence-electron chi connectivity index (χ3n) is 6.06. The fourth-order valence-corrected chi connectivity index (χ4v) is 4.98. The molecule has 3 aromatic heterocycles. The van der Waals surface area contributed by atoms with Crippen LogP contribution in [-0.4, -0.2) is 51.5 Å². The maximum Gasteiger partial charge on any atom is 0.272 e. The van der Waals surface area contributed by atoms with Crippen LogP contribution in [0, 0.1) is 10.5 Å². The third-order valence-corrected chi connectivity index (χ3v) is 7.22. The molecule has 0 aliphatic carbocycles. The number of hydrogen-bond acceptors (Lipinski definition) is 7. The molecule has 3 heterocycles. The minimum Gasteiger partial charge on any atom is -0.496 e. The van der Waals surface area contributed by atoms with Gasteiger partial charge in [0.15, 0.2) is 0 Å². The predicted molar refractivity (Wildman–Crippen MR) is 149 cm³/mol. The lowest BCUT2D eigenvalue weighted by Crippen LogP contribution is -2.23. The van der Waals surface area contributed by atoms with E-state index in [1.807, 2.05) is 53.1 Å². The largest absolute Gasteiger partial charge is 0.496 e. The van der Waals surface area contributed by atoms with Crippen LogP contribution < -0.4 is 15.9 Å². The molecule has 4 aromatic rings. The van der Waals surface area contributed by atoms with Crippen molar-refractivity contribution in [3.63, 3.8) is 0 Å². The molecule has 2 N–H and O–H groups in total. The molecule has 0 saturated heterocycles. The smallest absolute Gasteiger partial charge is 0.272 e. The zero-order chi connectivity index (χ0) is 26.3. The molecule has 0 aliphatic heterocycles. The first-order chi connectivity index (χ1) is 17.1. The summed E-state index contributed by atoms with van der Waals surface area (Å²) in [6.07, 6.45) is 4.63. The lowest BCUT2D eigenvalue weighted by molar-refractivity contribution is 0.0823. The molecule has 0 aliphatic rings. The number of ether oxygens (including phenoxy) is 1. The number of carbonyl (C=O) groups excluding carboxylic acids is 1. The maximum absolute atomic E-state index is 13.0. The van der Waals surface area contributed by atoms with Crippen molar-refractivity contribution in [3.05, 3.63) is 72.6 Å². The first-order valence-corrected chi connectivity index (χ1v) is 12.4.